The van der Waals surface area contributed by atoms with E-state index < -0.39 is 0 Å². The van der Waals surface area contributed by atoms with E-state index in [1.165, 1.54) is 0 Å². The molecule has 0 bridgehead atoms. The molecule has 0 aliphatic heterocycles. The molecule has 0 amide bonds. The van der Waals surface area contributed by atoms with Crippen LogP contribution in [0.4, 0.5) is 0 Å². The predicted molar refractivity (Wildman–Crippen MR) is 61.0 cm³/mol. The molecule has 1 atom stereocenters. The number of aromatic nitrogens is 2. The van der Waals surface area contributed by atoms with Crippen molar-refractivity contribution in [3.8, 4) is 0 Å². The van der Waals surface area contributed by atoms with Gasteiger partial charge in [-0.3, -0.25) is 4.57 Å². The van der Waals surface area contributed by atoms with Gasteiger partial charge in [0.15, 0.2) is 0 Å². The van der Waals surface area contributed by atoms with Crippen LogP contribution in [0.15, 0.2) is 17.2 Å². The second kappa shape index (κ2) is 5.66. The number of nitrogens with zero attached hydrogens (tertiary/aromatic N) is 2. The Morgan fingerprint density at radius 1 is 1.60 bits per heavy atom. The quantitative estimate of drug-likeness (QED) is 0.785. The highest BCUT2D eigenvalue weighted by Gasteiger charge is 1.99. The van der Waals surface area contributed by atoms with Gasteiger partial charge in [-0.15, -0.1) is 0 Å². The van der Waals surface area contributed by atoms with E-state index in [2.05, 4.69) is 24.1 Å². The Hall–Kier alpha value is -1.16. The van der Waals surface area contributed by atoms with Crippen LogP contribution in [0.3, 0.4) is 0 Å². The van der Waals surface area contributed by atoms with Crippen molar-refractivity contribution in [3.05, 3.63) is 28.4 Å². The van der Waals surface area contributed by atoms with Gasteiger partial charge in [-0.2, -0.15) is 0 Å². The van der Waals surface area contributed by atoms with E-state index in [1.54, 1.807) is 10.8 Å². The summed E-state index contributed by atoms with van der Waals surface area (Å²) in [6.45, 7) is 7.69. The van der Waals surface area contributed by atoms with Crippen molar-refractivity contribution in [1.29, 1.82) is 0 Å². The maximum absolute atomic E-state index is 11.3. The van der Waals surface area contributed by atoms with Crippen LogP contribution in [0.1, 0.15) is 25.8 Å². The Labute approximate surface area is 90.3 Å². The second-order valence-corrected chi connectivity index (χ2v) is 3.87. The number of hydrogen-bond acceptors (Lipinski definition) is 3. The molecule has 4 nitrogen and oxygen atoms in total. The average molecular weight is 209 g/mol. The van der Waals surface area contributed by atoms with Gasteiger partial charge in [0.25, 0.3) is 0 Å². The summed E-state index contributed by atoms with van der Waals surface area (Å²) in [7, 11) is 0. The molecule has 0 aromatic carbocycles. The number of rotatable bonds is 5. The minimum Gasteiger partial charge on any atom is -0.312 e. The fourth-order valence-corrected chi connectivity index (χ4v) is 1.30. The summed E-state index contributed by atoms with van der Waals surface area (Å²) in [5.41, 5.74) is 0.838. The molecule has 15 heavy (non-hydrogen) atoms. The van der Waals surface area contributed by atoms with Crippen LogP contribution >= 0.6 is 0 Å². The van der Waals surface area contributed by atoms with Crippen LogP contribution < -0.4 is 11.0 Å². The van der Waals surface area contributed by atoms with Crippen molar-refractivity contribution in [2.24, 2.45) is 0 Å². The molecule has 4 heteroatoms. The standard InChI is InChI=1S/C11H19N3O/c1-4-10(3)12-5-6-14-8-9(2)7-13-11(14)15/h7-8,10,12H,4-6H2,1-3H3. The van der Waals surface area contributed by atoms with Gasteiger partial charge in [-0.1, -0.05) is 6.92 Å². The second-order valence-electron chi connectivity index (χ2n) is 3.87. The Morgan fingerprint density at radius 3 is 3.00 bits per heavy atom. The highest BCUT2D eigenvalue weighted by Crippen LogP contribution is 1.90. The molecule has 0 spiro atoms. The van der Waals surface area contributed by atoms with Gasteiger partial charge in [0.05, 0.1) is 0 Å². The fourth-order valence-electron chi connectivity index (χ4n) is 1.30. The number of nitrogens with one attached hydrogen (secondary N) is 1. The Bertz CT molecular complexity index is 359. The van der Waals surface area contributed by atoms with Gasteiger partial charge in [0.2, 0.25) is 0 Å². The summed E-state index contributed by atoms with van der Waals surface area (Å²) in [5.74, 6) is 0. The van der Waals surface area contributed by atoms with E-state index >= 15 is 0 Å². The van der Waals surface area contributed by atoms with E-state index in [9.17, 15) is 4.79 Å². The van der Waals surface area contributed by atoms with Crippen LogP contribution in [0.5, 0.6) is 0 Å². The molecule has 0 saturated heterocycles. The lowest BCUT2D eigenvalue weighted by Crippen LogP contribution is -2.32. The van der Waals surface area contributed by atoms with Crippen LogP contribution in [-0.2, 0) is 6.54 Å². The molecule has 1 unspecified atom stereocenters. The zero-order valence-corrected chi connectivity index (χ0v) is 9.66. The molecular weight excluding hydrogens is 190 g/mol. The molecule has 0 aliphatic rings. The van der Waals surface area contributed by atoms with Crippen LogP contribution in [0, 0.1) is 6.92 Å². The minimum absolute atomic E-state index is 0.174. The molecule has 1 rings (SSSR count). The third kappa shape index (κ3) is 3.83. The lowest BCUT2D eigenvalue weighted by atomic mass is 10.2. The van der Waals surface area contributed by atoms with Gasteiger partial charge >= 0.3 is 5.69 Å². The molecule has 0 radical (unpaired) electrons. The van der Waals surface area contributed by atoms with Crippen molar-refractivity contribution in [2.75, 3.05) is 6.54 Å². The van der Waals surface area contributed by atoms with Crippen molar-refractivity contribution in [2.45, 2.75) is 39.8 Å². The molecule has 84 valence electrons. The molecular formula is C11H19N3O. The van der Waals surface area contributed by atoms with Crippen molar-refractivity contribution in [3.63, 3.8) is 0 Å². The topological polar surface area (TPSA) is 46.9 Å². The van der Waals surface area contributed by atoms with Gasteiger partial charge in [0, 0.05) is 31.5 Å². The van der Waals surface area contributed by atoms with Gasteiger partial charge in [-0.05, 0) is 25.8 Å². The van der Waals surface area contributed by atoms with Crippen LogP contribution in [0.25, 0.3) is 0 Å². The smallest absolute Gasteiger partial charge is 0.312 e. The van der Waals surface area contributed by atoms with Crippen molar-refractivity contribution in [1.82, 2.24) is 14.9 Å². The van der Waals surface area contributed by atoms with Crippen LogP contribution in [-0.4, -0.2) is 22.1 Å². The fraction of sp³-hybridized carbons (Fsp3) is 0.636. The Balaban J connectivity index is 2.50. The van der Waals surface area contributed by atoms with E-state index in [0.717, 1.165) is 18.5 Å². The van der Waals surface area contributed by atoms with E-state index in [4.69, 9.17) is 0 Å². The summed E-state index contributed by atoms with van der Waals surface area (Å²) < 4.78 is 1.64. The van der Waals surface area contributed by atoms with E-state index in [1.807, 2.05) is 13.1 Å². The third-order valence-electron chi connectivity index (χ3n) is 2.44. The maximum atomic E-state index is 11.3. The first kappa shape index (κ1) is 11.9. The molecule has 1 aromatic rings. The lowest BCUT2D eigenvalue weighted by molar-refractivity contribution is 0.496. The summed E-state index contributed by atoms with van der Waals surface area (Å²) >= 11 is 0. The summed E-state index contributed by atoms with van der Waals surface area (Å²) in [6.07, 6.45) is 4.54. The molecule has 1 aromatic heterocycles. The molecule has 1 heterocycles. The maximum Gasteiger partial charge on any atom is 0.347 e. The zero-order valence-electron chi connectivity index (χ0n) is 9.66. The molecule has 0 fully saturated rings. The summed E-state index contributed by atoms with van der Waals surface area (Å²) in [5, 5.41) is 3.34. The van der Waals surface area contributed by atoms with Gasteiger partial charge in [-0.25, -0.2) is 9.78 Å². The SMILES string of the molecule is CCC(C)NCCn1cc(C)cnc1=O. The van der Waals surface area contributed by atoms with Gasteiger partial charge in [0.1, 0.15) is 0 Å². The number of aryl methyl sites for hydroxylation is 1. The molecule has 1 N–H and O–H groups in total. The van der Waals surface area contributed by atoms with Crippen molar-refractivity contribution < 1.29 is 0 Å². The largest absolute Gasteiger partial charge is 0.347 e. The Kier molecular flexibility index (Phi) is 4.49. The minimum atomic E-state index is -0.174. The Morgan fingerprint density at radius 2 is 2.33 bits per heavy atom. The normalized spacial score (nSPS) is 12.7. The van der Waals surface area contributed by atoms with Crippen molar-refractivity contribution >= 4 is 0 Å². The first-order valence-electron chi connectivity index (χ1n) is 5.40. The first-order valence-corrected chi connectivity index (χ1v) is 5.40. The molecule has 0 aliphatic carbocycles. The number of hydrogen-bond donors (Lipinski definition) is 1. The predicted octanol–water partition coefficient (Wildman–Crippen LogP) is 0.940. The highest BCUT2D eigenvalue weighted by atomic mass is 16.1. The highest BCUT2D eigenvalue weighted by molar-refractivity contribution is 4.99. The molecule has 0 saturated carbocycles. The zero-order chi connectivity index (χ0) is 11.3. The van der Waals surface area contributed by atoms with E-state index in [0.29, 0.717) is 12.6 Å². The lowest BCUT2D eigenvalue weighted by Gasteiger charge is -2.11. The van der Waals surface area contributed by atoms with Crippen LogP contribution in [0.2, 0.25) is 0 Å². The average Bonchev–Trinajstić information content (AvgIpc) is 2.23. The van der Waals surface area contributed by atoms with Gasteiger partial charge < -0.3 is 5.32 Å². The third-order valence-corrected chi connectivity index (χ3v) is 2.44. The van der Waals surface area contributed by atoms with E-state index in [-0.39, 0.29) is 5.69 Å². The summed E-state index contributed by atoms with van der Waals surface area (Å²) in [6, 6.07) is 0.499. The summed E-state index contributed by atoms with van der Waals surface area (Å²) in [4.78, 5) is 15.1. The monoisotopic (exact) mass is 209 g/mol. The first-order chi connectivity index (χ1) is 7.13.